The van der Waals surface area contributed by atoms with Crippen molar-refractivity contribution in [3.63, 3.8) is 0 Å². The second kappa shape index (κ2) is 7.24. The molecule has 0 aliphatic rings. The predicted octanol–water partition coefficient (Wildman–Crippen LogP) is 5.34. The summed E-state index contributed by atoms with van der Waals surface area (Å²) in [6.07, 6.45) is 0.180. The van der Waals surface area contributed by atoms with Gasteiger partial charge in [0, 0.05) is 17.0 Å². The van der Waals surface area contributed by atoms with Crippen molar-refractivity contribution in [2.45, 2.75) is 32.1 Å². The Morgan fingerprint density at radius 2 is 1.59 bits per heavy atom. The lowest BCUT2D eigenvalue weighted by atomic mass is 9.91. The minimum atomic E-state index is -0.426. The number of nitriles is 1. The van der Waals surface area contributed by atoms with Crippen LogP contribution in [0.15, 0.2) is 48.5 Å². The van der Waals surface area contributed by atoms with Crippen molar-refractivity contribution in [3.8, 4) is 6.07 Å². The first kappa shape index (κ1) is 16.3. The van der Waals surface area contributed by atoms with E-state index < -0.39 is 5.92 Å². The molecule has 1 atom stereocenters. The van der Waals surface area contributed by atoms with E-state index in [0.29, 0.717) is 16.5 Å². The molecule has 0 saturated carbocycles. The third-order valence-corrected chi connectivity index (χ3v) is 3.97. The molecule has 0 aromatic heterocycles. The van der Waals surface area contributed by atoms with Crippen LogP contribution < -0.4 is 0 Å². The van der Waals surface area contributed by atoms with Crippen molar-refractivity contribution in [3.05, 3.63) is 70.2 Å². The fraction of sp³-hybridized carbons (Fsp3) is 0.263. The molecule has 0 spiro atoms. The minimum absolute atomic E-state index is 0.0452. The standard InChI is InChI=1S/C19H18ClNO/c1-13(2)14-3-5-15(6-4-14)17(12-21)11-19(22)16-7-9-18(20)10-8-16/h3-10,13,17H,11H2,1-2H3. The first-order valence-electron chi connectivity index (χ1n) is 7.29. The van der Waals surface area contributed by atoms with Gasteiger partial charge in [-0.3, -0.25) is 4.79 Å². The molecule has 3 heteroatoms. The van der Waals surface area contributed by atoms with Crippen molar-refractivity contribution in [1.82, 2.24) is 0 Å². The maximum absolute atomic E-state index is 12.3. The fourth-order valence-electron chi connectivity index (χ4n) is 2.29. The normalized spacial score (nSPS) is 12.0. The molecule has 0 aliphatic carbocycles. The summed E-state index contributed by atoms with van der Waals surface area (Å²) in [5.74, 6) is -0.0224. The SMILES string of the molecule is CC(C)c1ccc(C(C#N)CC(=O)c2ccc(Cl)cc2)cc1. The number of carbonyl (C=O) groups excluding carboxylic acids is 1. The van der Waals surface area contributed by atoms with Crippen LogP contribution in [-0.2, 0) is 0 Å². The third kappa shape index (κ3) is 3.96. The van der Waals surface area contributed by atoms with Crippen molar-refractivity contribution in [2.24, 2.45) is 0 Å². The van der Waals surface area contributed by atoms with Crippen LogP contribution in [0.25, 0.3) is 0 Å². The summed E-state index contributed by atoms with van der Waals surface area (Å²) in [4.78, 5) is 12.3. The molecule has 2 aromatic carbocycles. The van der Waals surface area contributed by atoms with Gasteiger partial charge in [-0.1, -0.05) is 49.7 Å². The van der Waals surface area contributed by atoms with Gasteiger partial charge in [0.05, 0.1) is 12.0 Å². The largest absolute Gasteiger partial charge is 0.294 e. The molecule has 0 heterocycles. The summed E-state index contributed by atoms with van der Waals surface area (Å²) in [5.41, 5.74) is 2.70. The Labute approximate surface area is 136 Å². The average Bonchev–Trinajstić information content (AvgIpc) is 2.53. The van der Waals surface area contributed by atoms with Crippen LogP contribution in [0.1, 0.15) is 53.6 Å². The number of hydrogen-bond acceptors (Lipinski definition) is 2. The third-order valence-electron chi connectivity index (χ3n) is 3.72. The molecule has 1 unspecified atom stereocenters. The van der Waals surface area contributed by atoms with E-state index in [2.05, 4.69) is 19.9 Å². The van der Waals surface area contributed by atoms with E-state index in [-0.39, 0.29) is 12.2 Å². The van der Waals surface area contributed by atoms with Gasteiger partial charge in [0.2, 0.25) is 0 Å². The lowest BCUT2D eigenvalue weighted by Gasteiger charge is -2.11. The Morgan fingerprint density at radius 3 is 2.09 bits per heavy atom. The van der Waals surface area contributed by atoms with Crippen molar-refractivity contribution < 1.29 is 4.79 Å². The molecular formula is C19H18ClNO. The summed E-state index contributed by atoms with van der Waals surface area (Å²) in [6.45, 7) is 4.25. The van der Waals surface area contributed by atoms with Gasteiger partial charge in [-0.15, -0.1) is 0 Å². The molecule has 2 aromatic rings. The topological polar surface area (TPSA) is 40.9 Å². The summed E-state index contributed by atoms with van der Waals surface area (Å²) >= 11 is 5.82. The van der Waals surface area contributed by atoms with Gasteiger partial charge in [-0.25, -0.2) is 0 Å². The molecule has 0 aliphatic heterocycles. The number of rotatable bonds is 5. The number of carbonyl (C=O) groups is 1. The molecule has 2 nitrogen and oxygen atoms in total. The molecule has 0 amide bonds. The Balaban J connectivity index is 2.13. The minimum Gasteiger partial charge on any atom is -0.294 e. The Morgan fingerprint density at radius 1 is 1.05 bits per heavy atom. The van der Waals surface area contributed by atoms with Crippen molar-refractivity contribution in [2.75, 3.05) is 0 Å². The van der Waals surface area contributed by atoms with E-state index in [1.54, 1.807) is 24.3 Å². The average molecular weight is 312 g/mol. The molecule has 0 N–H and O–H groups in total. The van der Waals surface area contributed by atoms with E-state index in [4.69, 9.17) is 11.6 Å². The zero-order valence-corrected chi connectivity index (χ0v) is 13.5. The van der Waals surface area contributed by atoms with E-state index in [1.807, 2.05) is 24.3 Å². The molecular weight excluding hydrogens is 294 g/mol. The van der Waals surface area contributed by atoms with E-state index in [9.17, 15) is 10.1 Å². The first-order valence-corrected chi connectivity index (χ1v) is 7.67. The maximum atomic E-state index is 12.3. The highest BCUT2D eigenvalue weighted by atomic mass is 35.5. The number of Topliss-reactive ketones (excluding diaryl/α,β-unsaturated/α-hetero) is 1. The monoisotopic (exact) mass is 311 g/mol. The van der Waals surface area contributed by atoms with Crippen LogP contribution in [0.3, 0.4) is 0 Å². The smallest absolute Gasteiger partial charge is 0.164 e. The van der Waals surface area contributed by atoms with Gasteiger partial charge in [0.1, 0.15) is 0 Å². The molecule has 22 heavy (non-hydrogen) atoms. The highest BCUT2D eigenvalue weighted by Crippen LogP contribution is 2.24. The molecule has 2 rings (SSSR count). The highest BCUT2D eigenvalue weighted by molar-refractivity contribution is 6.30. The number of halogens is 1. The zero-order valence-electron chi connectivity index (χ0n) is 12.7. The predicted molar refractivity (Wildman–Crippen MR) is 89.3 cm³/mol. The lowest BCUT2D eigenvalue weighted by Crippen LogP contribution is -2.06. The zero-order chi connectivity index (χ0) is 16.1. The van der Waals surface area contributed by atoms with Crippen LogP contribution in [0.5, 0.6) is 0 Å². The van der Waals surface area contributed by atoms with Crippen LogP contribution >= 0.6 is 11.6 Å². The van der Waals surface area contributed by atoms with Gasteiger partial charge in [-0.2, -0.15) is 5.26 Å². The highest BCUT2D eigenvalue weighted by Gasteiger charge is 2.17. The second-order valence-electron chi connectivity index (χ2n) is 5.64. The van der Waals surface area contributed by atoms with Crippen LogP contribution in [0.4, 0.5) is 0 Å². The molecule has 0 saturated heterocycles. The Kier molecular flexibility index (Phi) is 5.35. The number of ketones is 1. The molecule has 0 fully saturated rings. The Bertz CT molecular complexity index is 681. The number of nitrogens with zero attached hydrogens (tertiary/aromatic N) is 1. The second-order valence-corrected chi connectivity index (χ2v) is 6.07. The summed E-state index contributed by atoms with van der Waals surface area (Å²) in [5, 5.41) is 9.97. The van der Waals surface area contributed by atoms with E-state index >= 15 is 0 Å². The van der Waals surface area contributed by atoms with Gasteiger partial charge >= 0.3 is 0 Å². The van der Waals surface area contributed by atoms with E-state index in [0.717, 1.165) is 5.56 Å². The van der Waals surface area contributed by atoms with Crippen molar-refractivity contribution in [1.29, 1.82) is 5.26 Å². The maximum Gasteiger partial charge on any atom is 0.164 e. The van der Waals surface area contributed by atoms with Crippen molar-refractivity contribution >= 4 is 17.4 Å². The van der Waals surface area contributed by atoms with Gasteiger partial charge in [0.15, 0.2) is 5.78 Å². The first-order chi connectivity index (χ1) is 10.5. The molecule has 0 radical (unpaired) electrons. The summed E-state index contributed by atoms with van der Waals surface area (Å²) < 4.78 is 0. The molecule has 0 bridgehead atoms. The molecule has 112 valence electrons. The summed E-state index contributed by atoms with van der Waals surface area (Å²) in [7, 11) is 0. The van der Waals surface area contributed by atoms with Gasteiger partial charge in [-0.05, 0) is 41.3 Å². The fourth-order valence-corrected chi connectivity index (χ4v) is 2.42. The number of benzene rings is 2. The quantitative estimate of drug-likeness (QED) is 0.699. The van der Waals surface area contributed by atoms with Gasteiger partial charge < -0.3 is 0 Å². The van der Waals surface area contributed by atoms with Crippen LogP contribution in [0, 0.1) is 11.3 Å². The van der Waals surface area contributed by atoms with E-state index in [1.165, 1.54) is 5.56 Å². The lowest BCUT2D eigenvalue weighted by molar-refractivity contribution is 0.0979. The Hall–Kier alpha value is -2.11. The summed E-state index contributed by atoms with van der Waals surface area (Å²) in [6, 6.07) is 16.9. The van der Waals surface area contributed by atoms with Crippen LogP contribution in [0.2, 0.25) is 5.02 Å². The van der Waals surface area contributed by atoms with Gasteiger partial charge in [0.25, 0.3) is 0 Å². The van der Waals surface area contributed by atoms with Crippen LogP contribution in [-0.4, -0.2) is 5.78 Å². The number of hydrogen-bond donors (Lipinski definition) is 0.